The molecule has 0 bridgehead atoms. The van der Waals surface area contributed by atoms with Crippen LogP contribution in [0.25, 0.3) is 0 Å². The minimum atomic E-state index is 0.185. The summed E-state index contributed by atoms with van der Waals surface area (Å²) in [4.78, 5) is 11.8. The summed E-state index contributed by atoms with van der Waals surface area (Å²) in [7, 11) is 0. The van der Waals surface area contributed by atoms with Crippen LogP contribution in [-0.2, 0) is 4.79 Å². The largest absolute Gasteiger partial charge is 0.353 e. The smallest absolute Gasteiger partial charge is 0.220 e. The first kappa shape index (κ1) is 13.5. The summed E-state index contributed by atoms with van der Waals surface area (Å²) in [5.41, 5.74) is 5.61. The van der Waals surface area contributed by atoms with E-state index in [4.69, 9.17) is 5.73 Å². The second kappa shape index (κ2) is 6.89. The van der Waals surface area contributed by atoms with Gasteiger partial charge in [-0.2, -0.15) is 0 Å². The Labute approximate surface area is 99.2 Å². The van der Waals surface area contributed by atoms with Gasteiger partial charge in [0.05, 0.1) is 0 Å². The highest BCUT2D eigenvalue weighted by Crippen LogP contribution is 2.34. The Morgan fingerprint density at radius 3 is 2.50 bits per heavy atom. The molecule has 0 aliphatic heterocycles. The average molecular weight is 226 g/mol. The van der Waals surface area contributed by atoms with Crippen LogP contribution in [-0.4, -0.2) is 18.5 Å². The van der Waals surface area contributed by atoms with Gasteiger partial charge in [-0.3, -0.25) is 4.79 Å². The van der Waals surface area contributed by atoms with Crippen molar-refractivity contribution < 1.29 is 4.79 Å². The maximum absolute atomic E-state index is 11.8. The highest BCUT2D eigenvalue weighted by molar-refractivity contribution is 5.76. The summed E-state index contributed by atoms with van der Waals surface area (Å²) >= 11 is 0. The number of nitrogens with one attached hydrogen (secondary N) is 1. The molecule has 0 heterocycles. The third-order valence-electron chi connectivity index (χ3n) is 3.56. The van der Waals surface area contributed by atoms with Crippen LogP contribution in [0.3, 0.4) is 0 Å². The Kier molecular flexibility index (Phi) is 5.81. The second-order valence-corrected chi connectivity index (χ2v) is 5.07. The molecule has 0 aromatic rings. The number of hydrogen-bond donors (Lipinski definition) is 2. The van der Waals surface area contributed by atoms with Gasteiger partial charge in [0.1, 0.15) is 0 Å². The van der Waals surface area contributed by atoms with Crippen molar-refractivity contribution in [2.75, 3.05) is 6.54 Å². The van der Waals surface area contributed by atoms with Crippen molar-refractivity contribution in [1.82, 2.24) is 5.32 Å². The first-order valence-electron chi connectivity index (χ1n) is 6.68. The maximum Gasteiger partial charge on any atom is 0.220 e. The molecule has 3 heteroatoms. The third-order valence-corrected chi connectivity index (χ3v) is 3.56. The predicted molar refractivity (Wildman–Crippen MR) is 67.0 cm³/mol. The number of nitrogens with two attached hydrogens (primary N) is 1. The van der Waals surface area contributed by atoms with Gasteiger partial charge in [0.2, 0.25) is 5.91 Å². The summed E-state index contributed by atoms with van der Waals surface area (Å²) in [5.74, 6) is 1.41. The molecule has 0 radical (unpaired) electrons. The Bertz CT molecular complexity index is 210. The highest BCUT2D eigenvalue weighted by Gasteiger charge is 2.25. The molecular formula is C13H26N2O. The van der Waals surface area contributed by atoms with Gasteiger partial charge >= 0.3 is 0 Å². The lowest BCUT2D eigenvalue weighted by molar-refractivity contribution is -0.122. The summed E-state index contributed by atoms with van der Waals surface area (Å²) in [5, 5.41) is 3.14. The molecule has 3 N–H and O–H groups in total. The van der Waals surface area contributed by atoms with E-state index in [1.807, 2.05) is 0 Å². The molecule has 2 atom stereocenters. The van der Waals surface area contributed by atoms with Crippen LogP contribution >= 0.6 is 0 Å². The molecule has 0 aromatic heterocycles. The third kappa shape index (κ3) is 4.97. The standard InChI is InChI=1S/C13H26N2O/c1-3-10(9-14)8-13(16)15-12(4-2)7-11-5-6-11/h10-12H,3-9,14H2,1-2H3,(H,15,16). The van der Waals surface area contributed by atoms with Gasteiger partial charge in [-0.25, -0.2) is 0 Å². The first-order chi connectivity index (χ1) is 7.69. The lowest BCUT2D eigenvalue weighted by Crippen LogP contribution is -2.36. The van der Waals surface area contributed by atoms with E-state index in [0.717, 1.165) is 18.8 Å². The van der Waals surface area contributed by atoms with E-state index in [9.17, 15) is 4.79 Å². The molecular weight excluding hydrogens is 200 g/mol. The van der Waals surface area contributed by atoms with Crippen LogP contribution in [0.5, 0.6) is 0 Å². The zero-order chi connectivity index (χ0) is 12.0. The minimum Gasteiger partial charge on any atom is -0.353 e. The van der Waals surface area contributed by atoms with E-state index >= 15 is 0 Å². The Hall–Kier alpha value is -0.570. The van der Waals surface area contributed by atoms with E-state index in [2.05, 4.69) is 19.2 Å². The Morgan fingerprint density at radius 2 is 2.06 bits per heavy atom. The van der Waals surface area contributed by atoms with Crippen molar-refractivity contribution in [3.05, 3.63) is 0 Å². The first-order valence-corrected chi connectivity index (χ1v) is 6.68. The number of hydrogen-bond acceptors (Lipinski definition) is 2. The van der Waals surface area contributed by atoms with Gasteiger partial charge < -0.3 is 11.1 Å². The van der Waals surface area contributed by atoms with Crippen LogP contribution in [0.1, 0.15) is 52.4 Å². The van der Waals surface area contributed by atoms with Gasteiger partial charge in [-0.1, -0.05) is 33.1 Å². The van der Waals surface area contributed by atoms with Crippen molar-refractivity contribution in [2.45, 2.75) is 58.4 Å². The molecule has 1 saturated carbocycles. The predicted octanol–water partition coefficient (Wildman–Crippen LogP) is 2.06. The van der Waals surface area contributed by atoms with Gasteiger partial charge in [0.25, 0.3) is 0 Å². The molecule has 1 aliphatic carbocycles. The molecule has 94 valence electrons. The summed E-state index contributed by atoms with van der Waals surface area (Å²) in [6.45, 7) is 4.85. The van der Waals surface area contributed by atoms with Gasteiger partial charge in [0.15, 0.2) is 0 Å². The SMILES string of the molecule is CCC(CN)CC(=O)NC(CC)CC1CC1. The van der Waals surface area contributed by atoms with Crippen molar-refractivity contribution in [3.8, 4) is 0 Å². The van der Waals surface area contributed by atoms with Crippen molar-refractivity contribution in [3.63, 3.8) is 0 Å². The van der Waals surface area contributed by atoms with Gasteiger partial charge in [-0.15, -0.1) is 0 Å². The fourth-order valence-electron chi connectivity index (χ4n) is 2.03. The lowest BCUT2D eigenvalue weighted by atomic mass is 10.0. The summed E-state index contributed by atoms with van der Waals surface area (Å²) in [6, 6.07) is 0.385. The summed E-state index contributed by atoms with van der Waals surface area (Å²) < 4.78 is 0. The molecule has 1 rings (SSSR count). The Balaban J connectivity index is 2.23. The molecule has 0 saturated heterocycles. The number of carbonyl (C=O) groups is 1. The Morgan fingerprint density at radius 1 is 1.38 bits per heavy atom. The molecule has 16 heavy (non-hydrogen) atoms. The van der Waals surface area contributed by atoms with E-state index < -0.39 is 0 Å². The molecule has 3 nitrogen and oxygen atoms in total. The average Bonchev–Trinajstić information content (AvgIpc) is 3.08. The molecule has 0 spiro atoms. The number of carbonyl (C=O) groups excluding carboxylic acids is 1. The zero-order valence-corrected chi connectivity index (χ0v) is 10.7. The van der Waals surface area contributed by atoms with E-state index in [0.29, 0.717) is 24.9 Å². The fraction of sp³-hybridized carbons (Fsp3) is 0.923. The lowest BCUT2D eigenvalue weighted by Gasteiger charge is -2.18. The normalized spacial score (nSPS) is 19.2. The van der Waals surface area contributed by atoms with Gasteiger partial charge in [0, 0.05) is 12.5 Å². The molecule has 1 fully saturated rings. The van der Waals surface area contributed by atoms with Crippen LogP contribution in [0, 0.1) is 11.8 Å². The maximum atomic E-state index is 11.8. The highest BCUT2D eigenvalue weighted by atomic mass is 16.1. The molecule has 1 aliphatic rings. The van der Waals surface area contributed by atoms with Crippen LogP contribution < -0.4 is 11.1 Å². The number of rotatable bonds is 8. The topological polar surface area (TPSA) is 55.1 Å². The summed E-state index contributed by atoms with van der Waals surface area (Å²) in [6.07, 6.45) is 6.50. The molecule has 1 amide bonds. The van der Waals surface area contributed by atoms with E-state index in [1.165, 1.54) is 19.3 Å². The molecule has 2 unspecified atom stereocenters. The molecule has 0 aromatic carbocycles. The quantitative estimate of drug-likeness (QED) is 0.665. The number of amides is 1. The van der Waals surface area contributed by atoms with Crippen molar-refractivity contribution in [2.24, 2.45) is 17.6 Å². The van der Waals surface area contributed by atoms with E-state index in [1.54, 1.807) is 0 Å². The van der Waals surface area contributed by atoms with E-state index in [-0.39, 0.29) is 5.91 Å². The second-order valence-electron chi connectivity index (χ2n) is 5.07. The van der Waals surface area contributed by atoms with Crippen LogP contribution in [0.4, 0.5) is 0 Å². The monoisotopic (exact) mass is 226 g/mol. The van der Waals surface area contributed by atoms with Crippen molar-refractivity contribution in [1.29, 1.82) is 0 Å². The zero-order valence-electron chi connectivity index (χ0n) is 10.7. The van der Waals surface area contributed by atoms with Crippen LogP contribution in [0.2, 0.25) is 0 Å². The van der Waals surface area contributed by atoms with Crippen molar-refractivity contribution >= 4 is 5.91 Å². The van der Waals surface area contributed by atoms with Crippen LogP contribution in [0.15, 0.2) is 0 Å². The minimum absolute atomic E-state index is 0.185. The van der Waals surface area contributed by atoms with Gasteiger partial charge in [-0.05, 0) is 31.2 Å². The fourth-order valence-corrected chi connectivity index (χ4v) is 2.03.